The quantitative estimate of drug-likeness (QED) is 0.852. The Kier molecular flexibility index (Phi) is 5.87. The van der Waals surface area contributed by atoms with Gasteiger partial charge in [-0.1, -0.05) is 6.07 Å². The van der Waals surface area contributed by atoms with Gasteiger partial charge in [-0.2, -0.15) is 0 Å². The number of hydrogen-bond acceptors (Lipinski definition) is 3. The van der Waals surface area contributed by atoms with E-state index in [9.17, 15) is 13.6 Å². The molecule has 1 amide bonds. The van der Waals surface area contributed by atoms with E-state index in [0.29, 0.717) is 6.42 Å². The molecule has 2 aromatic rings. The van der Waals surface area contributed by atoms with Crippen LogP contribution in [0.4, 0.5) is 8.78 Å². The lowest BCUT2D eigenvalue weighted by atomic mass is 10.0. The van der Waals surface area contributed by atoms with Crippen LogP contribution < -0.4 is 5.32 Å². The second-order valence-electron chi connectivity index (χ2n) is 5.50. The lowest BCUT2D eigenvalue weighted by Gasteiger charge is -2.25. The Morgan fingerprint density at radius 1 is 1.22 bits per heavy atom. The summed E-state index contributed by atoms with van der Waals surface area (Å²) in [6.45, 7) is 0.127. The number of nitrogens with one attached hydrogen (secondary N) is 1. The average Bonchev–Trinajstić information content (AvgIpc) is 3.01. The van der Waals surface area contributed by atoms with Crippen LogP contribution in [0.25, 0.3) is 0 Å². The van der Waals surface area contributed by atoms with Gasteiger partial charge in [0.05, 0.1) is 12.3 Å². The Bertz CT molecular complexity index is 622. The molecule has 0 aliphatic carbocycles. The van der Waals surface area contributed by atoms with Crippen LogP contribution in [0.5, 0.6) is 0 Å². The normalized spacial score (nSPS) is 12.4. The van der Waals surface area contributed by atoms with Gasteiger partial charge in [0.15, 0.2) is 0 Å². The predicted octanol–water partition coefficient (Wildman–Crippen LogP) is 2.91. The monoisotopic (exact) mass is 322 g/mol. The van der Waals surface area contributed by atoms with E-state index < -0.39 is 17.7 Å². The third-order valence-electron chi connectivity index (χ3n) is 3.63. The van der Waals surface area contributed by atoms with Crippen molar-refractivity contribution in [1.29, 1.82) is 0 Å². The second kappa shape index (κ2) is 7.87. The number of amides is 1. The lowest BCUT2D eigenvalue weighted by Crippen LogP contribution is -2.35. The summed E-state index contributed by atoms with van der Waals surface area (Å²) in [4.78, 5) is 13.6. The van der Waals surface area contributed by atoms with Crippen molar-refractivity contribution in [2.45, 2.75) is 18.9 Å². The second-order valence-corrected chi connectivity index (χ2v) is 5.50. The van der Waals surface area contributed by atoms with Crippen LogP contribution in [0.2, 0.25) is 0 Å². The van der Waals surface area contributed by atoms with Crippen molar-refractivity contribution in [2.75, 3.05) is 20.6 Å². The molecule has 124 valence electrons. The van der Waals surface area contributed by atoms with E-state index in [1.807, 2.05) is 0 Å². The van der Waals surface area contributed by atoms with E-state index in [1.165, 1.54) is 18.2 Å². The van der Waals surface area contributed by atoms with Crippen LogP contribution in [0, 0.1) is 11.6 Å². The van der Waals surface area contributed by atoms with Gasteiger partial charge in [-0.25, -0.2) is 8.78 Å². The number of carbonyl (C=O) groups is 1. The largest absolute Gasteiger partial charge is 0.469 e. The molecule has 0 aliphatic heterocycles. The number of carbonyl (C=O) groups excluding carboxylic acids is 1. The third kappa shape index (κ3) is 4.63. The molecule has 1 N–H and O–H groups in total. The first-order chi connectivity index (χ1) is 11.0. The highest BCUT2D eigenvalue weighted by molar-refractivity contribution is 5.76. The average molecular weight is 322 g/mol. The number of aryl methyl sites for hydroxylation is 1. The number of halogens is 2. The van der Waals surface area contributed by atoms with E-state index >= 15 is 0 Å². The molecule has 1 heterocycles. The van der Waals surface area contributed by atoms with Gasteiger partial charge in [-0.15, -0.1) is 0 Å². The van der Waals surface area contributed by atoms with Crippen LogP contribution >= 0.6 is 0 Å². The first-order valence-electron chi connectivity index (χ1n) is 7.38. The molecule has 0 bridgehead atoms. The maximum Gasteiger partial charge on any atom is 0.220 e. The van der Waals surface area contributed by atoms with Crippen molar-refractivity contribution < 1.29 is 18.0 Å². The molecule has 1 aromatic heterocycles. The molecule has 4 nitrogen and oxygen atoms in total. The fourth-order valence-corrected chi connectivity index (χ4v) is 2.36. The highest BCUT2D eigenvalue weighted by Crippen LogP contribution is 2.23. The van der Waals surface area contributed by atoms with Gasteiger partial charge >= 0.3 is 0 Å². The standard InChI is InChI=1S/C17H20F2N2O2/c1-21(2)15(17-13(18)6-3-7-14(17)19)11-20-16(22)9-8-12-5-4-10-23-12/h3-7,10,15H,8-9,11H2,1-2H3,(H,20,22). The first kappa shape index (κ1) is 17.1. The van der Waals surface area contributed by atoms with Gasteiger partial charge < -0.3 is 14.6 Å². The summed E-state index contributed by atoms with van der Waals surface area (Å²) in [6.07, 6.45) is 2.29. The number of hydrogen-bond donors (Lipinski definition) is 1. The smallest absolute Gasteiger partial charge is 0.220 e. The molecule has 2 rings (SSSR count). The van der Waals surface area contributed by atoms with Crippen molar-refractivity contribution in [2.24, 2.45) is 0 Å². The molecule has 0 aliphatic rings. The minimum atomic E-state index is -0.617. The minimum Gasteiger partial charge on any atom is -0.469 e. The van der Waals surface area contributed by atoms with E-state index in [2.05, 4.69) is 5.32 Å². The number of likely N-dealkylation sites (N-methyl/N-ethyl adjacent to an activating group) is 1. The van der Waals surface area contributed by atoms with Crippen molar-refractivity contribution in [3.8, 4) is 0 Å². The van der Waals surface area contributed by atoms with Crippen LogP contribution in [-0.2, 0) is 11.2 Å². The fourth-order valence-electron chi connectivity index (χ4n) is 2.36. The fraction of sp³-hybridized carbons (Fsp3) is 0.353. The van der Waals surface area contributed by atoms with Gasteiger partial charge in [0.25, 0.3) is 0 Å². The molecule has 0 radical (unpaired) electrons. The molecule has 0 saturated heterocycles. The van der Waals surface area contributed by atoms with Gasteiger partial charge in [0.2, 0.25) is 5.91 Å². The van der Waals surface area contributed by atoms with Crippen molar-refractivity contribution >= 4 is 5.91 Å². The molecule has 1 atom stereocenters. The van der Waals surface area contributed by atoms with E-state index in [0.717, 1.165) is 5.76 Å². The van der Waals surface area contributed by atoms with Crippen molar-refractivity contribution in [3.05, 3.63) is 59.6 Å². The first-order valence-corrected chi connectivity index (χ1v) is 7.38. The number of nitrogens with zero attached hydrogens (tertiary/aromatic N) is 1. The molecule has 23 heavy (non-hydrogen) atoms. The highest BCUT2D eigenvalue weighted by Gasteiger charge is 2.22. The molecule has 0 fully saturated rings. The molecular weight excluding hydrogens is 302 g/mol. The highest BCUT2D eigenvalue weighted by atomic mass is 19.1. The maximum absolute atomic E-state index is 13.9. The Morgan fingerprint density at radius 3 is 2.48 bits per heavy atom. The summed E-state index contributed by atoms with van der Waals surface area (Å²) >= 11 is 0. The number of benzene rings is 1. The van der Waals surface area contributed by atoms with Crippen LogP contribution in [-0.4, -0.2) is 31.4 Å². The zero-order valence-corrected chi connectivity index (χ0v) is 13.2. The Labute approximate surface area is 134 Å². The Hall–Kier alpha value is -2.21. The van der Waals surface area contributed by atoms with Gasteiger partial charge in [0.1, 0.15) is 17.4 Å². The summed E-state index contributed by atoms with van der Waals surface area (Å²) in [5, 5.41) is 2.72. The summed E-state index contributed by atoms with van der Waals surface area (Å²) in [5.41, 5.74) is -0.0381. The van der Waals surface area contributed by atoms with Crippen molar-refractivity contribution in [1.82, 2.24) is 10.2 Å². The Morgan fingerprint density at radius 2 is 1.91 bits per heavy atom. The SMILES string of the molecule is CN(C)C(CNC(=O)CCc1ccco1)c1c(F)cccc1F. The molecule has 0 saturated carbocycles. The zero-order valence-electron chi connectivity index (χ0n) is 13.2. The number of rotatable bonds is 7. The van der Waals surface area contributed by atoms with Gasteiger partial charge in [-0.3, -0.25) is 4.79 Å². The van der Waals surface area contributed by atoms with Crippen LogP contribution in [0.1, 0.15) is 23.8 Å². The van der Waals surface area contributed by atoms with E-state index in [4.69, 9.17) is 4.42 Å². The van der Waals surface area contributed by atoms with Crippen LogP contribution in [0.15, 0.2) is 41.0 Å². The summed E-state index contributed by atoms with van der Waals surface area (Å²) in [5.74, 6) is -0.698. The van der Waals surface area contributed by atoms with E-state index in [1.54, 1.807) is 37.4 Å². The minimum absolute atomic E-state index is 0.0381. The Balaban J connectivity index is 1.96. The van der Waals surface area contributed by atoms with Gasteiger partial charge in [-0.05, 0) is 38.4 Å². The van der Waals surface area contributed by atoms with Crippen LogP contribution in [0.3, 0.4) is 0 Å². The number of furan rings is 1. The van der Waals surface area contributed by atoms with Crippen molar-refractivity contribution in [3.63, 3.8) is 0 Å². The summed E-state index contributed by atoms with van der Waals surface area (Å²) in [7, 11) is 3.43. The molecule has 6 heteroatoms. The summed E-state index contributed by atoms with van der Waals surface area (Å²) < 4.78 is 33.0. The van der Waals surface area contributed by atoms with E-state index in [-0.39, 0.29) is 24.4 Å². The zero-order chi connectivity index (χ0) is 16.8. The maximum atomic E-state index is 13.9. The molecule has 1 aromatic carbocycles. The topological polar surface area (TPSA) is 45.5 Å². The summed E-state index contributed by atoms with van der Waals surface area (Å²) in [6, 6.07) is 6.73. The lowest BCUT2D eigenvalue weighted by molar-refractivity contribution is -0.121. The van der Waals surface area contributed by atoms with Gasteiger partial charge in [0, 0.05) is 24.9 Å². The third-order valence-corrected chi connectivity index (χ3v) is 3.63. The molecular formula is C17H20F2N2O2. The molecule has 1 unspecified atom stereocenters. The predicted molar refractivity (Wildman–Crippen MR) is 82.8 cm³/mol. The molecule has 0 spiro atoms.